The SMILES string of the molecule is Oc1ccc(F)c(COCc2c[nH]c3ncc(Br)cc23)c1F. The number of nitrogens with one attached hydrogen (secondary N) is 1. The van der Waals surface area contributed by atoms with Crippen molar-refractivity contribution in [1.82, 2.24) is 9.97 Å². The Morgan fingerprint density at radius 1 is 1.27 bits per heavy atom. The lowest BCUT2D eigenvalue weighted by atomic mass is 10.2. The monoisotopic (exact) mass is 368 g/mol. The third-order valence-electron chi connectivity index (χ3n) is 3.25. The van der Waals surface area contributed by atoms with Gasteiger partial charge in [-0.25, -0.2) is 13.8 Å². The van der Waals surface area contributed by atoms with Crippen molar-refractivity contribution >= 4 is 27.0 Å². The number of rotatable bonds is 4. The van der Waals surface area contributed by atoms with Crippen LogP contribution in [0.25, 0.3) is 11.0 Å². The molecule has 0 saturated carbocycles. The average molecular weight is 369 g/mol. The Hall–Kier alpha value is -1.99. The number of phenols is 1. The largest absolute Gasteiger partial charge is 0.505 e. The third kappa shape index (κ3) is 2.82. The van der Waals surface area contributed by atoms with E-state index >= 15 is 0 Å². The summed E-state index contributed by atoms with van der Waals surface area (Å²) >= 11 is 3.34. The summed E-state index contributed by atoms with van der Waals surface area (Å²) in [5, 5.41) is 10.1. The summed E-state index contributed by atoms with van der Waals surface area (Å²) in [6.45, 7) is -0.118. The molecule has 3 rings (SSSR count). The van der Waals surface area contributed by atoms with Crippen molar-refractivity contribution < 1.29 is 18.6 Å². The van der Waals surface area contributed by atoms with Gasteiger partial charge in [0.15, 0.2) is 11.6 Å². The Labute approximate surface area is 132 Å². The van der Waals surface area contributed by atoms with Crippen LogP contribution in [-0.4, -0.2) is 15.1 Å². The van der Waals surface area contributed by atoms with Crippen molar-refractivity contribution in [3.05, 3.63) is 57.8 Å². The van der Waals surface area contributed by atoms with Crippen LogP contribution in [0.15, 0.2) is 35.1 Å². The summed E-state index contributed by atoms with van der Waals surface area (Å²) in [7, 11) is 0. The van der Waals surface area contributed by atoms with Crippen molar-refractivity contribution in [2.24, 2.45) is 0 Å². The summed E-state index contributed by atoms with van der Waals surface area (Å²) in [5.74, 6) is -2.35. The minimum absolute atomic E-state index is 0.159. The first kappa shape index (κ1) is 14.9. The molecular weight excluding hydrogens is 358 g/mol. The number of ether oxygens (including phenoxy) is 1. The van der Waals surface area contributed by atoms with Crippen LogP contribution in [0.2, 0.25) is 0 Å². The second kappa shape index (κ2) is 6.02. The lowest BCUT2D eigenvalue weighted by Gasteiger charge is -2.07. The first-order valence-corrected chi connectivity index (χ1v) is 7.20. The number of H-pyrrole nitrogens is 1. The van der Waals surface area contributed by atoms with E-state index in [0.717, 1.165) is 27.6 Å². The number of hydrogen-bond donors (Lipinski definition) is 2. The highest BCUT2D eigenvalue weighted by Gasteiger charge is 2.14. The molecule has 0 bridgehead atoms. The van der Waals surface area contributed by atoms with Crippen LogP contribution in [0.5, 0.6) is 5.75 Å². The average Bonchev–Trinajstić information content (AvgIpc) is 2.89. The molecule has 2 N–H and O–H groups in total. The van der Waals surface area contributed by atoms with Crippen LogP contribution < -0.4 is 0 Å². The van der Waals surface area contributed by atoms with Gasteiger partial charge in [0.1, 0.15) is 11.5 Å². The number of phenolic OH excluding ortho intramolecular Hbond substituents is 1. The second-order valence-electron chi connectivity index (χ2n) is 4.72. The van der Waals surface area contributed by atoms with Gasteiger partial charge in [-0.1, -0.05) is 0 Å². The molecule has 3 aromatic rings. The first-order valence-electron chi connectivity index (χ1n) is 6.41. The van der Waals surface area contributed by atoms with E-state index in [-0.39, 0.29) is 18.8 Å². The lowest BCUT2D eigenvalue weighted by molar-refractivity contribution is 0.103. The van der Waals surface area contributed by atoms with Gasteiger partial charge in [-0.3, -0.25) is 0 Å². The highest BCUT2D eigenvalue weighted by Crippen LogP contribution is 2.24. The molecule has 7 heteroatoms. The van der Waals surface area contributed by atoms with E-state index in [9.17, 15) is 13.9 Å². The van der Waals surface area contributed by atoms with E-state index in [1.165, 1.54) is 0 Å². The number of benzene rings is 1. The van der Waals surface area contributed by atoms with Crippen molar-refractivity contribution in [2.75, 3.05) is 0 Å². The van der Waals surface area contributed by atoms with E-state index in [0.29, 0.717) is 5.65 Å². The molecule has 4 nitrogen and oxygen atoms in total. The second-order valence-corrected chi connectivity index (χ2v) is 5.63. The molecule has 0 fully saturated rings. The Bertz CT molecular complexity index is 836. The van der Waals surface area contributed by atoms with Crippen molar-refractivity contribution in [2.45, 2.75) is 13.2 Å². The summed E-state index contributed by atoms with van der Waals surface area (Å²) in [5.41, 5.74) is 1.24. The van der Waals surface area contributed by atoms with Crippen LogP contribution >= 0.6 is 15.9 Å². The van der Waals surface area contributed by atoms with Crippen LogP contribution in [0.1, 0.15) is 11.1 Å². The molecule has 0 aliphatic carbocycles. The van der Waals surface area contributed by atoms with E-state index in [4.69, 9.17) is 4.74 Å². The van der Waals surface area contributed by atoms with E-state index in [2.05, 4.69) is 25.9 Å². The van der Waals surface area contributed by atoms with Crippen LogP contribution in [0, 0.1) is 11.6 Å². The van der Waals surface area contributed by atoms with Crippen LogP contribution in [0.4, 0.5) is 8.78 Å². The van der Waals surface area contributed by atoms with Gasteiger partial charge in [-0.2, -0.15) is 0 Å². The van der Waals surface area contributed by atoms with Crippen LogP contribution in [-0.2, 0) is 18.0 Å². The quantitative estimate of drug-likeness (QED) is 0.730. The molecule has 0 atom stereocenters. The maximum atomic E-state index is 13.6. The highest BCUT2D eigenvalue weighted by atomic mass is 79.9. The molecule has 0 amide bonds. The Kier molecular flexibility index (Phi) is 4.08. The zero-order chi connectivity index (χ0) is 15.7. The van der Waals surface area contributed by atoms with Gasteiger partial charge in [0.25, 0.3) is 0 Å². The van der Waals surface area contributed by atoms with Gasteiger partial charge in [-0.15, -0.1) is 0 Å². The highest BCUT2D eigenvalue weighted by molar-refractivity contribution is 9.10. The van der Waals surface area contributed by atoms with Gasteiger partial charge in [0.05, 0.1) is 18.8 Å². The molecule has 0 saturated heterocycles. The van der Waals surface area contributed by atoms with E-state index < -0.39 is 17.4 Å². The number of pyridine rings is 1. The number of nitrogens with zero attached hydrogens (tertiary/aromatic N) is 1. The maximum absolute atomic E-state index is 13.6. The Morgan fingerprint density at radius 3 is 2.91 bits per heavy atom. The standard InChI is InChI=1S/C15H11BrF2N2O2/c16-9-3-10-8(4-19-15(10)20-5-9)6-22-7-11-12(17)1-2-13(21)14(11)18/h1-5,21H,6-7H2,(H,19,20). The molecule has 2 aromatic heterocycles. The summed E-state index contributed by atoms with van der Waals surface area (Å²) < 4.78 is 33.4. The van der Waals surface area contributed by atoms with Crippen molar-refractivity contribution in [1.29, 1.82) is 0 Å². The van der Waals surface area contributed by atoms with Gasteiger partial charge in [0, 0.05) is 27.8 Å². The zero-order valence-corrected chi connectivity index (χ0v) is 12.8. The van der Waals surface area contributed by atoms with E-state index in [1.54, 1.807) is 12.4 Å². The first-order chi connectivity index (χ1) is 10.6. The predicted octanol–water partition coefficient (Wildman–Crippen LogP) is 4.03. The number of aromatic nitrogens is 2. The van der Waals surface area contributed by atoms with Gasteiger partial charge in [-0.05, 0) is 34.1 Å². The molecule has 22 heavy (non-hydrogen) atoms. The summed E-state index contributed by atoms with van der Waals surface area (Å²) in [4.78, 5) is 7.19. The molecular formula is C15H11BrF2N2O2. The Balaban J connectivity index is 1.75. The lowest BCUT2D eigenvalue weighted by Crippen LogP contribution is -2.00. The Morgan fingerprint density at radius 2 is 2.09 bits per heavy atom. The summed E-state index contributed by atoms with van der Waals surface area (Å²) in [6.07, 6.45) is 3.40. The number of halogens is 3. The topological polar surface area (TPSA) is 58.1 Å². The molecule has 0 aliphatic rings. The fourth-order valence-corrected chi connectivity index (χ4v) is 2.46. The van der Waals surface area contributed by atoms with Crippen molar-refractivity contribution in [3.8, 4) is 5.75 Å². The number of hydrogen-bond acceptors (Lipinski definition) is 3. The minimum Gasteiger partial charge on any atom is -0.505 e. The van der Waals surface area contributed by atoms with Crippen molar-refractivity contribution in [3.63, 3.8) is 0 Å². The number of aromatic hydroxyl groups is 1. The molecule has 0 spiro atoms. The van der Waals surface area contributed by atoms with Gasteiger partial charge >= 0.3 is 0 Å². The zero-order valence-electron chi connectivity index (χ0n) is 11.2. The molecule has 114 valence electrons. The molecule has 0 radical (unpaired) electrons. The third-order valence-corrected chi connectivity index (χ3v) is 3.69. The van der Waals surface area contributed by atoms with Gasteiger partial charge < -0.3 is 14.8 Å². The molecule has 0 unspecified atom stereocenters. The molecule has 1 aromatic carbocycles. The molecule has 0 aliphatic heterocycles. The number of fused-ring (bicyclic) bond motifs is 1. The molecule has 2 heterocycles. The summed E-state index contributed by atoms with van der Waals surface area (Å²) in [6, 6.07) is 3.86. The van der Waals surface area contributed by atoms with E-state index in [1.807, 2.05) is 6.07 Å². The minimum atomic E-state index is -0.997. The predicted molar refractivity (Wildman–Crippen MR) is 80.3 cm³/mol. The van der Waals surface area contributed by atoms with Crippen LogP contribution in [0.3, 0.4) is 0 Å². The smallest absolute Gasteiger partial charge is 0.173 e. The number of aromatic amines is 1. The van der Waals surface area contributed by atoms with Gasteiger partial charge in [0.2, 0.25) is 0 Å². The maximum Gasteiger partial charge on any atom is 0.173 e. The fraction of sp³-hybridized carbons (Fsp3) is 0.133. The normalized spacial score (nSPS) is 11.2. The fourth-order valence-electron chi connectivity index (χ4n) is 2.13.